The van der Waals surface area contributed by atoms with Crippen molar-refractivity contribution in [3.05, 3.63) is 170 Å². The van der Waals surface area contributed by atoms with Crippen LogP contribution in [0.5, 0.6) is 0 Å². The highest BCUT2D eigenvalue weighted by Crippen LogP contribution is 2.42. The Bertz CT molecular complexity index is 2480. The number of fused-ring (bicyclic) bond motifs is 4. The Kier molecular flexibility index (Phi) is 6.89. The number of hydrogen-bond donors (Lipinski definition) is 0. The molecule has 0 aliphatic heterocycles. The number of anilines is 3. The lowest BCUT2D eigenvalue weighted by Gasteiger charge is -2.26. The smallest absolute Gasteiger partial charge is 0.124 e. The summed E-state index contributed by atoms with van der Waals surface area (Å²) >= 11 is 3.61. The largest absolute Gasteiger partial charge is 0.311 e. The van der Waals surface area contributed by atoms with Gasteiger partial charge < -0.3 is 4.90 Å². The third-order valence-electron chi connectivity index (χ3n) is 8.71. The lowest BCUT2D eigenvalue weighted by atomic mass is 10.0. The van der Waals surface area contributed by atoms with E-state index in [0.717, 1.165) is 27.6 Å². The zero-order valence-electron chi connectivity index (χ0n) is 25.4. The molecule has 7 aromatic carbocycles. The van der Waals surface area contributed by atoms with Gasteiger partial charge >= 0.3 is 0 Å². The van der Waals surface area contributed by atoms with Crippen LogP contribution in [0.25, 0.3) is 63.2 Å². The average molecular weight is 637 g/mol. The number of thiazole rings is 1. The molecule has 0 fully saturated rings. The molecule has 0 N–H and O–H groups in total. The van der Waals surface area contributed by atoms with Crippen LogP contribution in [-0.4, -0.2) is 4.98 Å². The predicted octanol–water partition coefficient (Wildman–Crippen LogP) is 13.1. The van der Waals surface area contributed by atoms with Crippen LogP contribution in [0.1, 0.15) is 0 Å². The number of benzene rings is 7. The summed E-state index contributed by atoms with van der Waals surface area (Å²) in [7, 11) is 0. The summed E-state index contributed by atoms with van der Waals surface area (Å²) in [5, 5.41) is 3.67. The van der Waals surface area contributed by atoms with Crippen molar-refractivity contribution in [1.29, 1.82) is 0 Å². The first-order valence-corrected chi connectivity index (χ1v) is 17.3. The zero-order valence-corrected chi connectivity index (χ0v) is 27.0. The van der Waals surface area contributed by atoms with Crippen molar-refractivity contribution in [2.75, 3.05) is 4.90 Å². The zero-order chi connectivity index (χ0) is 31.2. The van der Waals surface area contributed by atoms with E-state index >= 15 is 0 Å². The summed E-state index contributed by atoms with van der Waals surface area (Å²) in [4.78, 5) is 7.29. The number of rotatable bonds is 6. The van der Waals surface area contributed by atoms with E-state index in [9.17, 15) is 0 Å². The number of aromatic nitrogens is 1. The maximum atomic E-state index is 4.97. The van der Waals surface area contributed by atoms with Gasteiger partial charge in [-0.05, 0) is 82.9 Å². The molecule has 222 valence electrons. The molecule has 0 unspecified atom stereocenters. The van der Waals surface area contributed by atoms with Gasteiger partial charge in [0, 0.05) is 42.8 Å². The fourth-order valence-electron chi connectivity index (χ4n) is 6.34. The molecule has 0 aliphatic rings. The molecule has 0 bridgehead atoms. The van der Waals surface area contributed by atoms with E-state index in [2.05, 4.69) is 169 Å². The van der Waals surface area contributed by atoms with Gasteiger partial charge in [0.25, 0.3) is 0 Å². The Morgan fingerprint density at radius 1 is 0.362 bits per heavy atom. The van der Waals surface area contributed by atoms with E-state index in [0.29, 0.717) is 0 Å². The van der Waals surface area contributed by atoms with Crippen molar-refractivity contribution in [3.8, 4) is 32.8 Å². The Morgan fingerprint density at radius 2 is 0.872 bits per heavy atom. The molecule has 0 amide bonds. The molecule has 2 nitrogen and oxygen atoms in total. The van der Waals surface area contributed by atoms with Crippen molar-refractivity contribution in [1.82, 2.24) is 4.98 Å². The summed E-state index contributed by atoms with van der Waals surface area (Å²) < 4.78 is 3.81. The Labute approximate surface area is 281 Å². The predicted molar refractivity (Wildman–Crippen MR) is 203 cm³/mol. The number of nitrogens with zero attached hydrogens (tertiary/aromatic N) is 2. The fourth-order valence-corrected chi connectivity index (χ4v) is 8.44. The van der Waals surface area contributed by atoms with Crippen molar-refractivity contribution in [2.45, 2.75) is 0 Å². The van der Waals surface area contributed by atoms with Crippen LogP contribution in [0.15, 0.2) is 170 Å². The van der Waals surface area contributed by atoms with Gasteiger partial charge in [-0.15, -0.1) is 22.7 Å². The molecule has 2 aromatic heterocycles. The van der Waals surface area contributed by atoms with E-state index in [-0.39, 0.29) is 0 Å². The molecule has 0 atom stereocenters. The molecule has 9 aromatic rings. The van der Waals surface area contributed by atoms with Crippen molar-refractivity contribution in [2.24, 2.45) is 0 Å². The topological polar surface area (TPSA) is 16.1 Å². The van der Waals surface area contributed by atoms with E-state index in [1.165, 1.54) is 52.7 Å². The summed E-state index contributed by atoms with van der Waals surface area (Å²) in [5.41, 5.74) is 10.5. The van der Waals surface area contributed by atoms with Gasteiger partial charge in [0.1, 0.15) is 5.01 Å². The molecule has 4 heteroatoms. The lowest BCUT2D eigenvalue weighted by molar-refractivity contribution is 1.28. The highest BCUT2D eigenvalue weighted by molar-refractivity contribution is 7.26. The van der Waals surface area contributed by atoms with Crippen LogP contribution in [-0.2, 0) is 0 Å². The van der Waals surface area contributed by atoms with Gasteiger partial charge in [-0.25, -0.2) is 4.98 Å². The minimum absolute atomic E-state index is 1.07. The first kappa shape index (κ1) is 27.7. The average Bonchev–Trinajstić information content (AvgIpc) is 3.73. The molecule has 9 rings (SSSR count). The van der Waals surface area contributed by atoms with Gasteiger partial charge in [0.05, 0.1) is 10.2 Å². The fraction of sp³-hybridized carbons (Fsp3) is 0. The van der Waals surface area contributed by atoms with E-state index in [1.807, 2.05) is 17.4 Å². The Morgan fingerprint density at radius 3 is 1.53 bits per heavy atom. The second-order valence-electron chi connectivity index (χ2n) is 11.6. The summed E-state index contributed by atoms with van der Waals surface area (Å²) in [6, 6.07) is 60.8. The normalized spacial score (nSPS) is 11.4. The maximum Gasteiger partial charge on any atom is 0.124 e. The van der Waals surface area contributed by atoms with Crippen LogP contribution >= 0.6 is 22.7 Å². The highest BCUT2D eigenvalue weighted by atomic mass is 32.1. The molecule has 0 saturated carbocycles. The highest BCUT2D eigenvalue weighted by Gasteiger charge is 2.15. The summed E-state index contributed by atoms with van der Waals surface area (Å²) in [5.74, 6) is 0. The minimum atomic E-state index is 1.07. The second kappa shape index (κ2) is 11.7. The van der Waals surface area contributed by atoms with Crippen LogP contribution in [0.2, 0.25) is 0 Å². The lowest BCUT2D eigenvalue weighted by Crippen LogP contribution is -2.09. The minimum Gasteiger partial charge on any atom is -0.311 e. The summed E-state index contributed by atoms with van der Waals surface area (Å²) in [6.45, 7) is 0. The van der Waals surface area contributed by atoms with Crippen molar-refractivity contribution in [3.63, 3.8) is 0 Å². The molecular formula is C43H28N2S2. The Hall–Kier alpha value is -5.55. The molecule has 47 heavy (non-hydrogen) atoms. The quantitative estimate of drug-likeness (QED) is 0.181. The van der Waals surface area contributed by atoms with Gasteiger partial charge in [0.2, 0.25) is 0 Å². The van der Waals surface area contributed by atoms with Gasteiger partial charge in [-0.3, -0.25) is 0 Å². The SMILES string of the molecule is c1ccc(-c2ccc(N(c3ccccc3)c3ccc(-c4ccc5sc6cc7nc(-c8ccccc8)sc7cc6c5c4)cc3)cc2)cc1. The molecule has 0 spiro atoms. The van der Waals surface area contributed by atoms with E-state index in [1.54, 1.807) is 11.3 Å². The summed E-state index contributed by atoms with van der Waals surface area (Å²) in [6.07, 6.45) is 0. The molecule has 0 radical (unpaired) electrons. The van der Waals surface area contributed by atoms with Gasteiger partial charge in [-0.2, -0.15) is 0 Å². The van der Waals surface area contributed by atoms with E-state index < -0.39 is 0 Å². The third-order valence-corrected chi connectivity index (χ3v) is 10.9. The maximum absolute atomic E-state index is 4.97. The number of para-hydroxylation sites is 1. The first-order chi connectivity index (χ1) is 23.3. The van der Waals surface area contributed by atoms with Crippen molar-refractivity contribution >= 4 is 70.1 Å². The Balaban J connectivity index is 1.07. The monoisotopic (exact) mass is 636 g/mol. The first-order valence-electron chi connectivity index (χ1n) is 15.7. The van der Waals surface area contributed by atoms with Gasteiger partial charge in [0.15, 0.2) is 0 Å². The second-order valence-corrected chi connectivity index (χ2v) is 13.8. The van der Waals surface area contributed by atoms with Crippen molar-refractivity contribution < 1.29 is 0 Å². The van der Waals surface area contributed by atoms with E-state index in [4.69, 9.17) is 4.98 Å². The van der Waals surface area contributed by atoms with Crippen LogP contribution in [0.3, 0.4) is 0 Å². The molecular weight excluding hydrogens is 609 g/mol. The standard InChI is InChI=1S/C43H28N2S2/c1-4-10-29(11-5-1)30-16-21-35(22-17-30)45(34-14-8-3-9-15-34)36-23-18-31(19-24-36)33-20-25-40-37(26-33)38-27-42-39(28-41(38)46-40)44-43(47-42)32-12-6-2-7-13-32/h1-28H. The van der Waals surface area contributed by atoms with Gasteiger partial charge in [-0.1, -0.05) is 109 Å². The number of thiophene rings is 1. The number of hydrogen-bond acceptors (Lipinski definition) is 4. The molecule has 2 heterocycles. The third kappa shape index (κ3) is 5.18. The molecule has 0 aliphatic carbocycles. The molecule has 0 saturated heterocycles. The van der Waals surface area contributed by atoms with Crippen LogP contribution in [0, 0.1) is 0 Å². The van der Waals surface area contributed by atoms with Crippen LogP contribution < -0.4 is 4.90 Å². The van der Waals surface area contributed by atoms with Crippen LogP contribution in [0.4, 0.5) is 17.1 Å².